The average Bonchev–Trinajstić information content (AvgIpc) is 2.45. The number of hydrogen-bond donors (Lipinski definition) is 3. The van der Waals surface area contributed by atoms with Gasteiger partial charge in [-0.15, -0.1) is 0 Å². The van der Waals surface area contributed by atoms with Gasteiger partial charge in [-0.2, -0.15) is 0 Å². The van der Waals surface area contributed by atoms with E-state index >= 15 is 0 Å². The van der Waals surface area contributed by atoms with E-state index in [4.69, 9.17) is 0 Å². The normalized spacial score (nSPS) is 14.0. The van der Waals surface area contributed by atoms with Gasteiger partial charge in [0.15, 0.2) is 12.4 Å². The van der Waals surface area contributed by atoms with Crippen molar-refractivity contribution in [2.45, 2.75) is 32.9 Å². The van der Waals surface area contributed by atoms with E-state index < -0.39 is 0 Å². The lowest BCUT2D eigenvalue weighted by molar-refractivity contribution is -0.903. The molecule has 0 radical (unpaired) electrons. The molecule has 1 unspecified atom stereocenters. The number of amides is 1. The maximum Gasteiger partial charge on any atom is 0.275 e. The Kier molecular flexibility index (Phi) is 4.92. The third-order valence-electron chi connectivity index (χ3n) is 3.67. The smallest absolute Gasteiger partial charge is 0.275 e. The Morgan fingerprint density at radius 1 is 1.32 bits per heavy atom. The molecule has 118 valence electrons. The van der Waals surface area contributed by atoms with Crippen LogP contribution in [0, 0.1) is 0 Å². The highest BCUT2D eigenvalue weighted by molar-refractivity contribution is 5.77. The fourth-order valence-electron chi connectivity index (χ4n) is 2.32. The molecular weight excluding hydrogens is 280 g/mol. The van der Waals surface area contributed by atoms with Gasteiger partial charge in [-0.25, -0.2) is 4.98 Å². The number of rotatable bonds is 5. The molecule has 1 heterocycles. The summed E-state index contributed by atoms with van der Waals surface area (Å²) in [7, 11) is 1.92. The van der Waals surface area contributed by atoms with E-state index in [-0.39, 0.29) is 23.6 Å². The third-order valence-corrected chi connectivity index (χ3v) is 3.67. The number of hydrogen-bond acceptors (Lipinski definition) is 3. The number of carbonyl (C=O) groups excluding carboxylic acids is 1. The Morgan fingerprint density at radius 3 is 2.68 bits per heavy atom. The van der Waals surface area contributed by atoms with Crippen molar-refractivity contribution in [3.05, 3.63) is 40.4 Å². The molecule has 0 saturated heterocycles. The monoisotopic (exact) mass is 303 g/mol. The van der Waals surface area contributed by atoms with E-state index in [0.717, 1.165) is 4.90 Å². The average molecular weight is 303 g/mol. The second kappa shape index (κ2) is 6.70. The summed E-state index contributed by atoms with van der Waals surface area (Å²) >= 11 is 0. The summed E-state index contributed by atoms with van der Waals surface area (Å²) in [6.45, 7) is 6.14. The zero-order valence-electron chi connectivity index (χ0n) is 13.4. The van der Waals surface area contributed by atoms with Crippen LogP contribution in [0.5, 0.6) is 0 Å². The van der Waals surface area contributed by atoms with E-state index in [1.807, 2.05) is 46.0 Å². The third kappa shape index (κ3) is 3.71. The fourth-order valence-corrected chi connectivity index (χ4v) is 2.32. The minimum absolute atomic E-state index is 0.0116. The van der Waals surface area contributed by atoms with Crippen LogP contribution in [0.2, 0.25) is 0 Å². The summed E-state index contributed by atoms with van der Waals surface area (Å²) in [6, 6.07) is 7.28. The van der Waals surface area contributed by atoms with Gasteiger partial charge in [0.05, 0.1) is 18.0 Å². The SMILES string of the molecule is CC(C)NC(=O)C[NH+](C)[C@@H](C)c1nc2ccccc2c(=O)[nH]1. The first-order valence-corrected chi connectivity index (χ1v) is 7.49. The molecule has 0 aliphatic carbocycles. The Labute approximate surface area is 129 Å². The van der Waals surface area contributed by atoms with Crippen LogP contribution >= 0.6 is 0 Å². The predicted molar refractivity (Wildman–Crippen MR) is 85.8 cm³/mol. The van der Waals surface area contributed by atoms with Crippen LogP contribution in [0.4, 0.5) is 0 Å². The highest BCUT2D eigenvalue weighted by atomic mass is 16.2. The number of nitrogens with one attached hydrogen (secondary N) is 3. The van der Waals surface area contributed by atoms with Gasteiger partial charge in [-0.05, 0) is 32.9 Å². The van der Waals surface area contributed by atoms with Crippen molar-refractivity contribution in [3.8, 4) is 0 Å². The van der Waals surface area contributed by atoms with E-state index in [1.54, 1.807) is 6.07 Å². The Bertz CT molecular complexity index is 723. The zero-order valence-corrected chi connectivity index (χ0v) is 13.4. The van der Waals surface area contributed by atoms with Crippen molar-refractivity contribution < 1.29 is 9.69 Å². The minimum Gasteiger partial charge on any atom is -0.349 e. The molecule has 1 aromatic heterocycles. The molecule has 0 fully saturated rings. The van der Waals surface area contributed by atoms with Gasteiger partial charge >= 0.3 is 0 Å². The quantitative estimate of drug-likeness (QED) is 0.729. The number of nitrogens with zero attached hydrogens (tertiary/aromatic N) is 1. The number of para-hydroxylation sites is 1. The standard InChI is InChI=1S/C16H22N4O2/c1-10(2)17-14(21)9-20(4)11(3)15-18-13-8-6-5-7-12(13)16(22)19-15/h5-8,10-11H,9H2,1-4H3,(H,17,21)(H,18,19,22)/p+1/t11-/m0/s1. The first-order chi connectivity index (χ1) is 10.4. The maximum atomic E-state index is 12.1. The molecule has 6 nitrogen and oxygen atoms in total. The molecule has 6 heteroatoms. The molecular formula is C16H23N4O2+. The molecule has 22 heavy (non-hydrogen) atoms. The summed E-state index contributed by atoms with van der Waals surface area (Å²) in [6.07, 6.45) is 0. The molecule has 1 amide bonds. The number of H-pyrrole nitrogens is 1. The first-order valence-electron chi connectivity index (χ1n) is 7.49. The molecule has 3 N–H and O–H groups in total. The molecule has 2 atom stereocenters. The van der Waals surface area contributed by atoms with Crippen molar-refractivity contribution in [2.24, 2.45) is 0 Å². The molecule has 0 aliphatic rings. The van der Waals surface area contributed by atoms with Gasteiger partial charge in [0.25, 0.3) is 11.5 Å². The van der Waals surface area contributed by atoms with E-state index in [2.05, 4.69) is 15.3 Å². The lowest BCUT2D eigenvalue weighted by Gasteiger charge is -2.21. The lowest BCUT2D eigenvalue weighted by Crippen LogP contribution is -3.10. The van der Waals surface area contributed by atoms with E-state index in [0.29, 0.717) is 23.3 Å². The minimum atomic E-state index is -0.146. The zero-order chi connectivity index (χ0) is 16.3. The second-order valence-corrected chi connectivity index (χ2v) is 5.94. The number of fused-ring (bicyclic) bond motifs is 1. The number of carbonyl (C=O) groups is 1. The summed E-state index contributed by atoms with van der Waals surface area (Å²) in [5.41, 5.74) is 0.527. The topological polar surface area (TPSA) is 79.3 Å². The highest BCUT2D eigenvalue weighted by Crippen LogP contribution is 2.08. The second-order valence-electron chi connectivity index (χ2n) is 5.94. The van der Waals surface area contributed by atoms with E-state index in [1.165, 1.54) is 0 Å². The van der Waals surface area contributed by atoms with Gasteiger partial charge in [0, 0.05) is 6.04 Å². The van der Waals surface area contributed by atoms with Gasteiger partial charge in [-0.1, -0.05) is 12.1 Å². The molecule has 0 spiro atoms. The predicted octanol–water partition coefficient (Wildman–Crippen LogP) is 0.0234. The first kappa shape index (κ1) is 16.2. The summed E-state index contributed by atoms with van der Waals surface area (Å²) in [5, 5.41) is 3.45. The Morgan fingerprint density at radius 2 is 2.00 bits per heavy atom. The van der Waals surface area contributed by atoms with Crippen molar-refractivity contribution in [2.75, 3.05) is 13.6 Å². The lowest BCUT2D eigenvalue weighted by atomic mass is 10.2. The Balaban J connectivity index is 2.20. The number of likely N-dealkylation sites (N-methyl/N-ethyl adjacent to an activating group) is 1. The molecule has 0 aliphatic heterocycles. The van der Waals surface area contributed by atoms with Crippen molar-refractivity contribution in [1.29, 1.82) is 0 Å². The van der Waals surface area contributed by atoms with E-state index in [9.17, 15) is 9.59 Å². The van der Waals surface area contributed by atoms with Crippen LogP contribution in [0.3, 0.4) is 0 Å². The van der Waals surface area contributed by atoms with Crippen molar-refractivity contribution >= 4 is 16.8 Å². The maximum absolute atomic E-state index is 12.1. The fraction of sp³-hybridized carbons (Fsp3) is 0.438. The van der Waals surface area contributed by atoms with Crippen molar-refractivity contribution in [3.63, 3.8) is 0 Å². The van der Waals surface area contributed by atoms with Crippen molar-refractivity contribution in [1.82, 2.24) is 15.3 Å². The highest BCUT2D eigenvalue weighted by Gasteiger charge is 2.21. The van der Waals surface area contributed by atoms with Crippen LogP contribution in [-0.4, -0.2) is 35.5 Å². The van der Waals surface area contributed by atoms with Crippen LogP contribution in [0.25, 0.3) is 10.9 Å². The van der Waals surface area contributed by atoms with Gasteiger partial charge in [-0.3, -0.25) is 9.59 Å². The van der Waals surface area contributed by atoms with Crippen LogP contribution in [-0.2, 0) is 4.79 Å². The number of quaternary nitrogens is 1. The van der Waals surface area contributed by atoms with Crippen LogP contribution in [0.15, 0.2) is 29.1 Å². The molecule has 1 aromatic carbocycles. The van der Waals surface area contributed by atoms with Gasteiger partial charge < -0.3 is 15.2 Å². The number of benzene rings is 1. The largest absolute Gasteiger partial charge is 0.349 e. The summed E-state index contributed by atoms with van der Waals surface area (Å²) < 4.78 is 0. The van der Waals surface area contributed by atoms with Gasteiger partial charge in [0.2, 0.25) is 0 Å². The molecule has 2 rings (SSSR count). The summed E-state index contributed by atoms with van der Waals surface area (Å²) in [5.74, 6) is 0.584. The number of aromatic amines is 1. The van der Waals surface area contributed by atoms with Crippen LogP contribution < -0.4 is 15.8 Å². The van der Waals surface area contributed by atoms with Crippen LogP contribution in [0.1, 0.15) is 32.6 Å². The molecule has 0 saturated carbocycles. The summed E-state index contributed by atoms with van der Waals surface area (Å²) in [4.78, 5) is 32.3. The molecule has 2 aromatic rings. The van der Waals surface area contributed by atoms with Gasteiger partial charge in [0.1, 0.15) is 6.04 Å². The Hall–Kier alpha value is -2.21. The molecule has 0 bridgehead atoms. The number of aromatic nitrogens is 2.